The lowest BCUT2D eigenvalue weighted by molar-refractivity contribution is -0.0499. The Morgan fingerprint density at radius 2 is 1.73 bits per heavy atom. The molecule has 2 atom stereocenters. The van der Waals surface area contributed by atoms with Crippen molar-refractivity contribution < 1.29 is 18.6 Å². The minimum absolute atomic E-state index is 0. The zero-order chi connectivity index (χ0) is 15.2. The van der Waals surface area contributed by atoms with E-state index in [-0.39, 0.29) is 18.2 Å². The summed E-state index contributed by atoms with van der Waals surface area (Å²) in [5.74, 6) is 0.0323. The predicted molar refractivity (Wildman–Crippen MR) is 83.4 cm³/mol. The Bertz CT molecular complexity index is 569. The molecule has 0 radical (unpaired) electrons. The zero-order valence-corrected chi connectivity index (χ0v) is 12.5. The number of halogens is 3. The maximum atomic E-state index is 12.2. The third kappa shape index (κ3) is 5.26. The molecule has 0 aliphatic carbocycles. The van der Waals surface area contributed by atoms with E-state index in [4.69, 9.17) is 5.73 Å². The number of alkyl halides is 2. The van der Waals surface area contributed by atoms with Crippen molar-refractivity contribution in [3.63, 3.8) is 0 Å². The van der Waals surface area contributed by atoms with Crippen LogP contribution in [0.5, 0.6) is 5.75 Å². The lowest BCUT2D eigenvalue weighted by Crippen LogP contribution is -2.28. The molecule has 2 aromatic carbocycles. The van der Waals surface area contributed by atoms with Crippen LogP contribution in [0, 0.1) is 0 Å². The molecule has 0 heterocycles. The van der Waals surface area contributed by atoms with Gasteiger partial charge in [0.05, 0.1) is 12.1 Å². The quantitative estimate of drug-likeness (QED) is 0.855. The lowest BCUT2D eigenvalue weighted by atomic mass is 9.97. The number of ether oxygens (including phenoxy) is 1. The summed E-state index contributed by atoms with van der Waals surface area (Å²) >= 11 is 0. The van der Waals surface area contributed by atoms with Gasteiger partial charge in [-0.15, -0.1) is 12.4 Å². The summed E-state index contributed by atoms with van der Waals surface area (Å²) in [6.45, 7) is -2.88. The summed E-state index contributed by atoms with van der Waals surface area (Å²) in [7, 11) is 0. The van der Waals surface area contributed by atoms with Crippen molar-refractivity contribution in [2.24, 2.45) is 5.73 Å². The van der Waals surface area contributed by atoms with Gasteiger partial charge in [0.15, 0.2) is 0 Å². The Labute approximate surface area is 134 Å². The molecule has 0 saturated heterocycles. The van der Waals surface area contributed by atoms with Crippen LogP contribution in [0.3, 0.4) is 0 Å². The molecule has 0 saturated carbocycles. The van der Waals surface area contributed by atoms with Gasteiger partial charge in [-0.2, -0.15) is 8.78 Å². The predicted octanol–water partition coefficient (Wildman–Crippen LogP) is 3.31. The largest absolute Gasteiger partial charge is 0.435 e. The molecular formula is C16H18ClF2NO2. The average molecular weight is 330 g/mol. The molecule has 0 aliphatic rings. The van der Waals surface area contributed by atoms with Gasteiger partial charge >= 0.3 is 6.61 Å². The molecule has 3 N–H and O–H groups in total. The molecule has 0 bridgehead atoms. The topological polar surface area (TPSA) is 55.5 Å². The van der Waals surface area contributed by atoms with Gasteiger partial charge in [-0.25, -0.2) is 0 Å². The van der Waals surface area contributed by atoms with E-state index in [2.05, 4.69) is 4.74 Å². The van der Waals surface area contributed by atoms with E-state index in [9.17, 15) is 13.9 Å². The highest BCUT2D eigenvalue weighted by Gasteiger charge is 2.18. The fourth-order valence-electron chi connectivity index (χ4n) is 2.10. The molecule has 0 spiro atoms. The van der Waals surface area contributed by atoms with Crippen LogP contribution in [0.4, 0.5) is 8.78 Å². The molecule has 0 fully saturated rings. The molecule has 2 rings (SSSR count). The Hall–Kier alpha value is -1.69. The number of aliphatic hydroxyl groups excluding tert-OH is 1. The van der Waals surface area contributed by atoms with E-state index in [0.29, 0.717) is 12.0 Å². The van der Waals surface area contributed by atoms with Gasteiger partial charge in [-0.3, -0.25) is 0 Å². The first-order valence-electron chi connectivity index (χ1n) is 6.58. The van der Waals surface area contributed by atoms with E-state index < -0.39 is 18.8 Å². The number of hydrogen-bond donors (Lipinski definition) is 2. The van der Waals surface area contributed by atoms with Crippen LogP contribution in [0.1, 0.15) is 17.2 Å². The maximum Gasteiger partial charge on any atom is 0.387 e. The van der Waals surface area contributed by atoms with Gasteiger partial charge in [0.1, 0.15) is 5.75 Å². The Balaban J connectivity index is 0.00000242. The molecule has 0 amide bonds. The molecule has 0 unspecified atom stereocenters. The smallest absolute Gasteiger partial charge is 0.387 e. The van der Waals surface area contributed by atoms with Crippen LogP contribution in [-0.4, -0.2) is 17.8 Å². The summed E-state index contributed by atoms with van der Waals surface area (Å²) < 4.78 is 28.7. The molecule has 0 aliphatic heterocycles. The summed E-state index contributed by atoms with van der Waals surface area (Å²) in [5, 5.41) is 10.2. The van der Waals surface area contributed by atoms with Crippen molar-refractivity contribution in [2.75, 3.05) is 0 Å². The van der Waals surface area contributed by atoms with Gasteiger partial charge in [0.25, 0.3) is 0 Å². The number of rotatable bonds is 6. The van der Waals surface area contributed by atoms with Crippen molar-refractivity contribution in [2.45, 2.75) is 25.2 Å². The monoisotopic (exact) mass is 329 g/mol. The molecule has 6 heteroatoms. The fraction of sp³-hybridized carbons (Fsp3) is 0.250. The van der Waals surface area contributed by atoms with Gasteiger partial charge < -0.3 is 15.6 Å². The fourth-order valence-corrected chi connectivity index (χ4v) is 2.10. The second-order valence-corrected chi connectivity index (χ2v) is 4.73. The van der Waals surface area contributed by atoms with Crippen LogP contribution in [-0.2, 0) is 6.42 Å². The summed E-state index contributed by atoms with van der Waals surface area (Å²) in [5.41, 5.74) is 7.50. The van der Waals surface area contributed by atoms with Crippen LogP contribution in [0.15, 0.2) is 54.6 Å². The third-order valence-electron chi connectivity index (χ3n) is 3.17. The van der Waals surface area contributed by atoms with E-state index in [0.717, 1.165) is 5.56 Å². The molecule has 0 aromatic heterocycles. The van der Waals surface area contributed by atoms with E-state index in [1.807, 2.05) is 30.3 Å². The average Bonchev–Trinajstić information content (AvgIpc) is 2.47. The second-order valence-electron chi connectivity index (χ2n) is 4.73. The van der Waals surface area contributed by atoms with Crippen LogP contribution >= 0.6 is 12.4 Å². The lowest BCUT2D eigenvalue weighted by Gasteiger charge is -2.20. The zero-order valence-electron chi connectivity index (χ0n) is 11.7. The first kappa shape index (κ1) is 18.4. The van der Waals surface area contributed by atoms with Crippen LogP contribution in [0.2, 0.25) is 0 Å². The Morgan fingerprint density at radius 1 is 1.05 bits per heavy atom. The van der Waals surface area contributed by atoms with E-state index >= 15 is 0 Å². The van der Waals surface area contributed by atoms with Crippen molar-refractivity contribution in [3.05, 3.63) is 65.7 Å². The molecule has 22 heavy (non-hydrogen) atoms. The third-order valence-corrected chi connectivity index (χ3v) is 3.17. The van der Waals surface area contributed by atoms with Crippen molar-refractivity contribution >= 4 is 12.4 Å². The SMILES string of the molecule is Cl.N[C@@H](c1cccc(OC(F)F)c1)[C@H](O)Cc1ccccc1. The molecular weight excluding hydrogens is 312 g/mol. The first-order valence-corrected chi connectivity index (χ1v) is 6.58. The second kappa shape index (κ2) is 8.68. The highest BCUT2D eigenvalue weighted by atomic mass is 35.5. The van der Waals surface area contributed by atoms with E-state index in [1.54, 1.807) is 12.1 Å². The first-order chi connectivity index (χ1) is 10.1. The highest BCUT2D eigenvalue weighted by molar-refractivity contribution is 5.85. The van der Waals surface area contributed by atoms with Crippen molar-refractivity contribution in [3.8, 4) is 5.75 Å². The minimum Gasteiger partial charge on any atom is -0.435 e. The van der Waals surface area contributed by atoms with Gasteiger partial charge in [-0.05, 0) is 23.3 Å². The summed E-state index contributed by atoms with van der Waals surface area (Å²) in [6, 6.07) is 14.9. The Kier molecular flexibility index (Phi) is 7.24. The minimum atomic E-state index is -2.88. The number of benzene rings is 2. The number of hydrogen-bond acceptors (Lipinski definition) is 3. The van der Waals surface area contributed by atoms with Gasteiger partial charge in [-0.1, -0.05) is 42.5 Å². The van der Waals surface area contributed by atoms with E-state index in [1.165, 1.54) is 12.1 Å². The normalized spacial score (nSPS) is 13.3. The van der Waals surface area contributed by atoms with Crippen LogP contribution < -0.4 is 10.5 Å². The van der Waals surface area contributed by atoms with Crippen LogP contribution in [0.25, 0.3) is 0 Å². The molecule has 3 nitrogen and oxygen atoms in total. The van der Waals surface area contributed by atoms with Gasteiger partial charge in [0, 0.05) is 6.42 Å². The highest BCUT2D eigenvalue weighted by Crippen LogP contribution is 2.23. The molecule has 2 aromatic rings. The maximum absolute atomic E-state index is 12.2. The number of nitrogens with two attached hydrogens (primary N) is 1. The van der Waals surface area contributed by atoms with Crippen molar-refractivity contribution in [1.29, 1.82) is 0 Å². The number of aliphatic hydroxyl groups is 1. The van der Waals surface area contributed by atoms with Gasteiger partial charge in [0.2, 0.25) is 0 Å². The summed E-state index contributed by atoms with van der Waals surface area (Å²) in [6.07, 6.45) is -0.420. The summed E-state index contributed by atoms with van der Waals surface area (Å²) in [4.78, 5) is 0. The van der Waals surface area contributed by atoms with Crippen molar-refractivity contribution in [1.82, 2.24) is 0 Å². The molecule has 120 valence electrons. The Morgan fingerprint density at radius 3 is 2.36 bits per heavy atom. The standard InChI is InChI=1S/C16H17F2NO2.ClH/c17-16(18)21-13-8-4-7-12(10-13)15(19)14(20)9-11-5-2-1-3-6-11;/h1-8,10,14-16,20H,9,19H2;1H/t14-,15+;/m1./s1.